The molecule has 13 heterocycles. The van der Waals surface area contributed by atoms with Gasteiger partial charge >= 0.3 is 0 Å². The third-order valence-electron chi connectivity index (χ3n) is 21.3. The average molecular weight is 1160 g/mol. The summed E-state index contributed by atoms with van der Waals surface area (Å²) in [5.41, 5.74) is 53.4. The van der Waals surface area contributed by atoms with Crippen LogP contribution in [0, 0.1) is 125 Å². The van der Waals surface area contributed by atoms with Crippen LogP contribution in [-0.4, -0.2) is 62.0 Å². The fourth-order valence-corrected chi connectivity index (χ4v) is 13.3. The molecule has 0 fully saturated rings. The number of hydrogen-bond donors (Lipinski definition) is 9. The molecular formula is C75H86N12. The molecule has 12 heteroatoms. The Bertz CT molecular complexity index is 4590. The van der Waals surface area contributed by atoms with E-state index in [1.165, 1.54) is 139 Å². The van der Waals surface area contributed by atoms with Crippen LogP contribution < -0.4 is 0 Å². The number of aliphatic imine (C=N–C) groups is 3. The highest BCUT2D eigenvalue weighted by atomic mass is 14.9. The zero-order chi connectivity index (χ0) is 62.6. The van der Waals surface area contributed by atoms with Gasteiger partial charge in [-0.3, -0.25) is 0 Å². The molecule has 0 spiro atoms. The first-order valence-electron chi connectivity index (χ1n) is 30.7. The Morgan fingerprint density at radius 1 is 0.253 bits per heavy atom. The van der Waals surface area contributed by atoms with Crippen LogP contribution in [-0.2, 0) is 0 Å². The molecule has 0 unspecified atom stereocenters. The van der Waals surface area contributed by atoms with Crippen molar-refractivity contribution in [3.8, 4) is 56.9 Å². The summed E-state index contributed by atoms with van der Waals surface area (Å²) in [4.78, 5) is 49.4. The second kappa shape index (κ2) is 20.8. The number of hydrogen-bond acceptors (Lipinski definition) is 3. The molecule has 16 bridgehead atoms. The molecule has 13 rings (SSSR count). The molecule has 446 valence electrons. The van der Waals surface area contributed by atoms with E-state index in [4.69, 9.17) is 15.0 Å². The topological polar surface area (TPSA) is 179 Å². The molecule has 12 nitrogen and oxygen atoms in total. The van der Waals surface area contributed by atoms with Crippen molar-refractivity contribution < 1.29 is 0 Å². The van der Waals surface area contributed by atoms with Crippen molar-refractivity contribution in [2.24, 2.45) is 15.0 Å². The van der Waals surface area contributed by atoms with Crippen molar-refractivity contribution in [3.05, 3.63) is 197 Å². The van der Waals surface area contributed by atoms with Crippen LogP contribution in [0.2, 0.25) is 0 Å². The number of aromatic amines is 9. The van der Waals surface area contributed by atoms with Gasteiger partial charge in [-0.2, -0.15) is 0 Å². The Balaban J connectivity index is 0.000000213. The predicted molar refractivity (Wildman–Crippen MR) is 366 cm³/mol. The maximum atomic E-state index is 5.35. The quantitative estimate of drug-likeness (QED) is 0.0819. The normalized spacial score (nSPS) is 15.4. The summed E-state index contributed by atoms with van der Waals surface area (Å²) in [6.45, 7) is 52.7. The summed E-state index contributed by atoms with van der Waals surface area (Å²) in [5.74, 6) is 0. The van der Waals surface area contributed by atoms with Gasteiger partial charge in [-0.25, -0.2) is 15.0 Å². The van der Waals surface area contributed by atoms with Gasteiger partial charge in [-0.1, -0.05) is 0 Å². The smallest absolute Gasteiger partial charge is 0.0907 e. The molecule has 0 radical (unpaired) electrons. The van der Waals surface area contributed by atoms with Gasteiger partial charge in [0.15, 0.2) is 0 Å². The van der Waals surface area contributed by atoms with Gasteiger partial charge in [0, 0.05) is 29.5 Å². The Morgan fingerprint density at radius 2 is 0.552 bits per heavy atom. The number of allylic oxidation sites excluding steroid dienone is 6. The third kappa shape index (κ3) is 8.86. The van der Waals surface area contributed by atoms with Crippen LogP contribution in [0.15, 0.2) is 77.9 Å². The van der Waals surface area contributed by atoms with E-state index in [0.717, 1.165) is 120 Å². The van der Waals surface area contributed by atoms with E-state index in [1.807, 2.05) is 0 Å². The minimum Gasteiger partial charge on any atom is -0.359 e. The van der Waals surface area contributed by atoms with Gasteiger partial charge in [0.2, 0.25) is 0 Å². The largest absolute Gasteiger partial charge is 0.359 e. The number of H-pyrrole nitrogens is 9. The third-order valence-corrected chi connectivity index (χ3v) is 21.3. The van der Waals surface area contributed by atoms with Gasteiger partial charge in [0.1, 0.15) is 0 Å². The minimum atomic E-state index is 0.984. The van der Waals surface area contributed by atoms with Crippen molar-refractivity contribution in [1.82, 2.24) is 44.9 Å². The molecule has 0 amide bonds. The summed E-state index contributed by atoms with van der Waals surface area (Å²) in [6.07, 6.45) is 10.8. The molecular weight excluding hydrogens is 1070 g/mol. The fourth-order valence-electron chi connectivity index (χ4n) is 13.3. The van der Waals surface area contributed by atoms with Crippen LogP contribution in [0.1, 0.15) is 176 Å². The maximum absolute atomic E-state index is 5.35. The second-order valence-electron chi connectivity index (χ2n) is 25.7. The van der Waals surface area contributed by atoms with Crippen molar-refractivity contribution in [2.75, 3.05) is 0 Å². The number of rotatable bonds is 3. The van der Waals surface area contributed by atoms with Crippen LogP contribution in [0.25, 0.3) is 75.2 Å². The summed E-state index contributed by atoms with van der Waals surface area (Å²) in [6, 6.07) is 0. The SMILES string of the molecule is CC1=C(C)/C(=C/c2[nH]c(-c3[nH]cc(C)c3C)c(C)c2C)N=C1c1[nH]cc(C)c1C.CC1=C(C)C2=NC1=Cc1[nH]c(c(C)c1C)-c1[nH]c(c(C)c1C)-c1[nH]c(c(C)c1C)C1=NC(=Cc3[nH]c(c(C)c3C)-c3[nH]c(c(C)c3C)-c3[nH]c2c(C)c3C)C(C)=C1C. The van der Waals surface area contributed by atoms with Crippen molar-refractivity contribution in [3.63, 3.8) is 0 Å². The molecule has 9 aromatic rings. The monoisotopic (exact) mass is 1150 g/mol. The highest BCUT2D eigenvalue weighted by molar-refractivity contribution is 6.18. The highest BCUT2D eigenvalue weighted by Gasteiger charge is 2.31. The molecule has 0 atom stereocenters. The van der Waals surface area contributed by atoms with Gasteiger partial charge in [-0.05, 0) is 318 Å². The van der Waals surface area contributed by atoms with Crippen LogP contribution >= 0.6 is 0 Å². The molecule has 4 aliphatic rings. The average Bonchev–Trinajstić information content (AvgIpc) is 2.22. The number of nitrogens with one attached hydrogen (secondary N) is 9. The number of nitrogens with zero attached hydrogens (tertiary/aromatic N) is 3. The first-order valence-corrected chi connectivity index (χ1v) is 30.7. The van der Waals surface area contributed by atoms with Gasteiger partial charge < -0.3 is 44.9 Å². The van der Waals surface area contributed by atoms with E-state index >= 15 is 0 Å². The van der Waals surface area contributed by atoms with Gasteiger partial charge in [0.05, 0.1) is 108 Å². The van der Waals surface area contributed by atoms with Crippen LogP contribution in [0.5, 0.6) is 0 Å². The first-order chi connectivity index (χ1) is 41.1. The highest BCUT2D eigenvalue weighted by Crippen LogP contribution is 2.44. The Kier molecular flexibility index (Phi) is 14.0. The molecule has 9 N–H and O–H groups in total. The van der Waals surface area contributed by atoms with E-state index in [0.29, 0.717) is 0 Å². The van der Waals surface area contributed by atoms with E-state index < -0.39 is 0 Å². The lowest BCUT2D eigenvalue weighted by atomic mass is 10.0. The summed E-state index contributed by atoms with van der Waals surface area (Å²) in [5, 5.41) is 0. The fraction of sp³-hybridized carbons (Fsp3) is 0.320. The van der Waals surface area contributed by atoms with E-state index in [2.05, 4.69) is 242 Å². The first kappa shape index (κ1) is 58.4. The zero-order valence-electron chi connectivity index (χ0n) is 55.7. The molecule has 0 aromatic carbocycles. The van der Waals surface area contributed by atoms with E-state index in [1.54, 1.807) is 0 Å². The van der Waals surface area contributed by atoms with E-state index in [-0.39, 0.29) is 0 Å². The van der Waals surface area contributed by atoms with Crippen LogP contribution in [0.4, 0.5) is 0 Å². The minimum absolute atomic E-state index is 0.984. The predicted octanol–water partition coefficient (Wildman–Crippen LogP) is 19.1. The molecule has 9 aromatic heterocycles. The Labute approximate surface area is 513 Å². The zero-order valence-corrected chi connectivity index (χ0v) is 55.7. The van der Waals surface area contributed by atoms with Crippen molar-refractivity contribution in [1.29, 1.82) is 0 Å². The lowest BCUT2D eigenvalue weighted by Gasteiger charge is -2.02. The summed E-state index contributed by atoms with van der Waals surface area (Å²) >= 11 is 0. The molecule has 87 heavy (non-hydrogen) atoms. The second-order valence-corrected chi connectivity index (χ2v) is 25.7. The lowest BCUT2D eigenvalue weighted by molar-refractivity contribution is 1.25. The van der Waals surface area contributed by atoms with Gasteiger partial charge in [-0.15, -0.1) is 0 Å². The Hall–Kier alpha value is -9.03. The number of aromatic nitrogens is 9. The maximum Gasteiger partial charge on any atom is 0.0907 e. The molecule has 0 aliphatic carbocycles. The molecule has 4 aliphatic heterocycles. The lowest BCUT2D eigenvalue weighted by Crippen LogP contribution is -2.02. The van der Waals surface area contributed by atoms with Crippen molar-refractivity contribution >= 4 is 35.4 Å². The van der Waals surface area contributed by atoms with E-state index in [9.17, 15) is 0 Å². The summed E-state index contributed by atoms with van der Waals surface area (Å²) < 4.78 is 0. The number of fused-ring (bicyclic) bond motifs is 20. The van der Waals surface area contributed by atoms with Gasteiger partial charge in [0.25, 0.3) is 0 Å². The molecule has 0 saturated heterocycles. The molecule has 0 saturated carbocycles. The number of aryl methyl sites for hydroxylation is 2. The summed E-state index contributed by atoms with van der Waals surface area (Å²) in [7, 11) is 0. The Morgan fingerprint density at radius 3 is 0.931 bits per heavy atom. The van der Waals surface area contributed by atoms with Crippen molar-refractivity contribution in [2.45, 2.75) is 166 Å². The standard InChI is InChI=1S/C50H56N8.C25H30N4/c1-19-23(5)39-43-27(9)31(13)47(55-43)48-32(14)29(11)45(57-48)41-25(7)21(3)37(53-41)18-38-22(4)26(8)42(54-38)46-30(12)34(16)50(58-46)49-33(15)28(10)44(56-49)40-24(6)20(2)36(52-40)17-35(19)51-39;1-12-10-26-22(14(12)3)24-18(7)16(5)20(28-24)9-21-17(6)19(8)25(29-21)23-15(4)13(2)11-27-23/h17-18,51,54-58H,1-16H3;9-11,26-28H,1-8H3/b;21-9-. The van der Waals surface area contributed by atoms with Crippen LogP contribution in [0.3, 0.4) is 0 Å².